The fraction of sp³-hybridized carbons (Fsp3) is 0.222. The van der Waals surface area contributed by atoms with Gasteiger partial charge in [0.2, 0.25) is 0 Å². The lowest BCUT2D eigenvalue weighted by Gasteiger charge is -2.38. The molecule has 0 saturated carbocycles. The Morgan fingerprint density at radius 1 is 1.24 bits per heavy atom. The summed E-state index contributed by atoms with van der Waals surface area (Å²) < 4.78 is 5.76. The van der Waals surface area contributed by atoms with E-state index in [-0.39, 0.29) is 6.67 Å². The highest BCUT2D eigenvalue weighted by atomic mass is 32.1. The molecular formula is C18H17N3O3S. The van der Waals surface area contributed by atoms with Crippen LogP contribution in [0.4, 0.5) is 5.13 Å². The Balaban J connectivity index is 1.65. The lowest BCUT2D eigenvalue weighted by molar-refractivity contribution is 0.00574. The number of quaternary nitrogens is 1. The summed E-state index contributed by atoms with van der Waals surface area (Å²) in [4.78, 5) is 18.7. The SMILES string of the molecule is CN1CC(OC(=O)c2ccccc2)[N+]([O-])(c2nc3ccccc3s2)C1. The monoisotopic (exact) mass is 355 g/mol. The molecule has 2 heterocycles. The molecule has 6 nitrogen and oxygen atoms in total. The summed E-state index contributed by atoms with van der Waals surface area (Å²) in [5.74, 6) is -0.486. The van der Waals surface area contributed by atoms with Crippen molar-refractivity contribution in [3.63, 3.8) is 0 Å². The van der Waals surface area contributed by atoms with Crippen molar-refractivity contribution in [2.45, 2.75) is 6.23 Å². The van der Waals surface area contributed by atoms with E-state index in [1.807, 2.05) is 42.3 Å². The molecule has 0 amide bonds. The van der Waals surface area contributed by atoms with Crippen LogP contribution in [-0.4, -0.2) is 42.3 Å². The highest BCUT2D eigenvalue weighted by molar-refractivity contribution is 7.22. The van der Waals surface area contributed by atoms with Crippen molar-refractivity contribution in [1.29, 1.82) is 0 Å². The summed E-state index contributed by atoms with van der Waals surface area (Å²) in [6.45, 7) is 0.574. The van der Waals surface area contributed by atoms with Gasteiger partial charge in [-0.2, -0.15) is 4.98 Å². The smallest absolute Gasteiger partial charge is 0.342 e. The third-order valence-corrected chi connectivity index (χ3v) is 5.39. The molecule has 1 aromatic heterocycles. The van der Waals surface area contributed by atoms with Crippen LogP contribution in [0, 0.1) is 5.21 Å². The number of rotatable bonds is 3. The number of carbonyl (C=O) groups is 1. The highest BCUT2D eigenvalue weighted by Crippen LogP contribution is 2.37. The van der Waals surface area contributed by atoms with Crippen molar-refractivity contribution < 1.29 is 9.53 Å². The zero-order valence-corrected chi connectivity index (χ0v) is 14.5. The van der Waals surface area contributed by atoms with E-state index in [1.54, 1.807) is 24.3 Å². The van der Waals surface area contributed by atoms with E-state index < -0.39 is 16.8 Å². The van der Waals surface area contributed by atoms with Crippen molar-refractivity contribution in [1.82, 2.24) is 14.5 Å². The van der Waals surface area contributed by atoms with Gasteiger partial charge in [-0.1, -0.05) is 41.7 Å². The number of hydrogen-bond acceptors (Lipinski definition) is 6. The summed E-state index contributed by atoms with van der Waals surface area (Å²) in [5.41, 5.74) is 1.23. The number of nitrogens with zero attached hydrogens (tertiary/aromatic N) is 3. The Hall–Kier alpha value is -2.32. The van der Waals surface area contributed by atoms with Crippen LogP contribution in [0.5, 0.6) is 0 Å². The number of thiazole rings is 1. The Morgan fingerprint density at radius 2 is 1.96 bits per heavy atom. The van der Waals surface area contributed by atoms with E-state index in [1.165, 1.54) is 11.3 Å². The fourth-order valence-electron chi connectivity index (χ4n) is 3.00. The van der Waals surface area contributed by atoms with Crippen LogP contribution in [0.2, 0.25) is 0 Å². The molecule has 3 aromatic rings. The number of aromatic nitrogens is 1. The van der Waals surface area contributed by atoms with Gasteiger partial charge in [-0.3, -0.25) is 4.65 Å². The van der Waals surface area contributed by atoms with Crippen molar-refractivity contribution >= 4 is 32.7 Å². The van der Waals surface area contributed by atoms with Gasteiger partial charge in [0.25, 0.3) is 11.4 Å². The summed E-state index contributed by atoms with van der Waals surface area (Å²) in [5, 5.41) is 14.0. The van der Waals surface area contributed by atoms with E-state index in [0.717, 1.165) is 10.2 Å². The number of carbonyl (C=O) groups excluding carboxylic acids is 1. The fourth-order valence-corrected chi connectivity index (χ4v) is 4.04. The van der Waals surface area contributed by atoms with E-state index in [0.29, 0.717) is 17.2 Å². The molecule has 7 heteroatoms. The molecule has 1 aliphatic heterocycles. The normalized spacial score (nSPS) is 23.8. The second-order valence-electron chi connectivity index (χ2n) is 6.17. The maximum absolute atomic E-state index is 13.5. The number of para-hydroxylation sites is 1. The summed E-state index contributed by atoms with van der Waals surface area (Å²) in [6, 6.07) is 16.4. The van der Waals surface area contributed by atoms with Gasteiger partial charge in [-0.25, -0.2) is 9.69 Å². The average Bonchev–Trinajstić information content (AvgIpc) is 3.17. The molecule has 0 aliphatic carbocycles. The number of hydrogen-bond donors (Lipinski definition) is 0. The number of hydroxylamine groups is 2. The van der Waals surface area contributed by atoms with Crippen LogP contribution in [0.3, 0.4) is 0 Å². The van der Waals surface area contributed by atoms with E-state index >= 15 is 0 Å². The first-order valence-corrected chi connectivity index (χ1v) is 8.77. The largest absolute Gasteiger partial charge is 0.622 e. The quantitative estimate of drug-likeness (QED) is 0.410. The first-order valence-electron chi connectivity index (χ1n) is 7.96. The molecule has 0 N–H and O–H groups in total. The minimum atomic E-state index is -0.835. The minimum Gasteiger partial charge on any atom is -0.622 e. The van der Waals surface area contributed by atoms with Crippen molar-refractivity contribution in [3.8, 4) is 0 Å². The first-order chi connectivity index (χ1) is 12.1. The first kappa shape index (κ1) is 16.2. The van der Waals surface area contributed by atoms with E-state index in [9.17, 15) is 10.0 Å². The van der Waals surface area contributed by atoms with Crippen molar-refractivity contribution in [3.05, 3.63) is 65.4 Å². The van der Waals surface area contributed by atoms with Crippen molar-refractivity contribution in [2.24, 2.45) is 0 Å². The third kappa shape index (κ3) is 2.91. The Kier molecular flexibility index (Phi) is 4.01. The number of ether oxygens (including phenoxy) is 1. The topological polar surface area (TPSA) is 65.5 Å². The van der Waals surface area contributed by atoms with Gasteiger partial charge in [-0.15, -0.1) is 0 Å². The summed E-state index contributed by atoms with van der Waals surface area (Å²) in [7, 11) is 1.84. The van der Waals surface area contributed by atoms with Crippen LogP contribution < -0.4 is 4.65 Å². The van der Waals surface area contributed by atoms with E-state index in [2.05, 4.69) is 4.98 Å². The molecular weight excluding hydrogens is 338 g/mol. The van der Waals surface area contributed by atoms with Gasteiger partial charge >= 0.3 is 5.97 Å². The molecule has 0 bridgehead atoms. The molecule has 1 saturated heterocycles. The molecule has 0 spiro atoms. The predicted molar refractivity (Wildman–Crippen MR) is 97.9 cm³/mol. The average molecular weight is 355 g/mol. The maximum atomic E-state index is 13.5. The van der Waals surface area contributed by atoms with E-state index in [4.69, 9.17) is 4.74 Å². The van der Waals surface area contributed by atoms with Gasteiger partial charge in [0, 0.05) is 0 Å². The van der Waals surface area contributed by atoms with Crippen molar-refractivity contribution in [2.75, 3.05) is 20.3 Å². The predicted octanol–water partition coefficient (Wildman–Crippen LogP) is 3.19. The molecule has 128 valence electrons. The lowest BCUT2D eigenvalue weighted by atomic mass is 10.2. The molecule has 2 unspecified atom stereocenters. The summed E-state index contributed by atoms with van der Waals surface area (Å²) in [6.07, 6.45) is -0.835. The minimum absolute atomic E-state index is 0.201. The molecule has 2 atom stereocenters. The third-order valence-electron chi connectivity index (χ3n) is 4.24. The van der Waals surface area contributed by atoms with Crippen LogP contribution in [0.25, 0.3) is 10.2 Å². The van der Waals surface area contributed by atoms with Crippen LogP contribution >= 0.6 is 11.3 Å². The molecule has 1 aliphatic rings. The summed E-state index contributed by atoms with van der Waals surface area (Å²) >= 11 is 1.35. The standard InChI is InChI=1S/C18H17N3O3S/c1-20-11-16(24-17(22)13-7-3-2-4-8-13)21(23,12-20)18-19-14-9-5-6-10-15(14)25-18/h2-10,16H,11-12H2,1H3. The Bertz CT molecular complexity index is 881. The Morgan fingerprint density at radius 3 is 2.72 bits per heavy atom. The van der Waals surface area contributed by atoms with Crippen LogP contribution in [-0.2, 0) is 4.74 Å². The van der Waals surface area contributed by atoms with Crippen LogP contribution in [0.1, 0.15) is 10.4 Å². The lowest BCUT2D eigenvalue weighted by Crippen LogP contribution is -2.50. The molecule has 0 radical (unpaired) electrons. The second kappa shape index (κ2) is 6.20. The zero-order chi connectivity index (χ0) is 17.4. The van der Waals surface area contributed by atoms with Gasteiger partial charge in [0.15, 0.2) is 0 Å². The van der Waals surface area contributed by atoms with Gasteiger partial charge in [0.1, 0.15) is 6.67 Å². The number of fused-ring (bicyclic) bond motifs is 1. The van der Waals surface area contributed by atoms with Gasteiger partial charge < -0.3 is 9.94 Å². The van der Waals surface area contributed by atoms with Gasteiger partial charge in [-0.05, 0) is 31.3 Å². The zero-order valence-electron chi connectivity index (χ0n) is 13.7. The number of benzene rings is 2. The number of esters is 1. The molecule has 2 aromatic carbocycles. The molecule has 4 rings (SSSR count). The van der Waals surface area contributed by atoms with Gasteiger partial charge in [0.05, 0.1) is 22.3 Å². The highest BCUT2D eigenvalue weighted by Gasteiger charge is 2.45. The second-order valence-corrected chi connectivity index (χ2v) is 7.17. The van der Waals surface area contributed by atoms with Crippen LogP contribution in [0.15, 0.2) is 54.6 Å². The maximum Gasteiger partial charge on any atom is 0.342 e. The Labute approximate surface area is 149 Å². The molecule has 1 fully saturated rings. The molecule has 25 heavy (non-hydrogen) atoms. The number of likely N-dealkylation sites (N-methyl/N-ethyl adjacent to an activating group) is 1.